The van der Waals surface area contributed by atoms with Gasteiger partial charge in [0.1, 0.15) is 12.5 Å². The smallest absolute Gasteiger partial charge is 0.273 e. The van der Waals surface area contributed by atoms with Gasteiger partial charge in [-0.05, 0) is 12.1 Å². The zero-order valence-electron chi connectivity index (χ0n) is 14.5. The highest BCUT2D eigenvalue weighted by molar-refractivity contribution is 6.76. The molecule has 0 aliphatic carbocycles. The van der Waals surface area contributed by atoms with E-state index in [1.807, 2.05) is 10.8 Å². The van der Waals surface area contributed by atoms with Crippen molar-refractivity contribution in [3.8, 4) is 17.0 Å². The molecule has 1 aromatic heterocycles. The molecule has 0 spiro atoms. The maximum Gasteiger partial charge on any atom is 0.273 e. The molecule has 0 atom stereocenters. The monoisotopic (exact) mass is 349 g/mol. The summed E-state index contributed by atoms with van der Waals surface area (Å²) < 4.78 is 12.8. The maximum atomic E-state index is 10.9. The number of nitrogens with zero attached hydrogens (tertiary/aromatic N) is 3. The number of imidazole rings is 1. The lowest BCUT2D eigenvalue weighted by Gasteiger charge is -2.15. The van der Waals surface area contributed by atoms with Crippen LogP contribution in [0.4, 0.5) is 5.69 Å². The van der Waals surface area contributed by atoms with E-state index in [0.717, 1.165) is 12.7 Å². The lowest BCUT2D eigenvalue weighted by Crippen LogP contribution is -2.21. The molecule has 0 N–H and O–H groups in total. The number of non-ortho nitro benzene ring substituents is 1. The SMILES string of the molecule is COc1cc([N+](=O)[O-])ccc1-c1cn(COCC[Si](C)(C)C)cn1. The van der Waals surface area contributed by atoms with Gasteiger partial charge < -0.3 is 14.0 Å². The van der Waals surface area contributed by atoms with E-state index in [9.17, 15) is 10.1 Å². The fourth-order valence-electron chi connectivity index (χ4n) is 2.12. The summed E-state index contributed by atoms with van der Waals surface area (Å²) in [6.45, 7) is 8.11. The van der Waals surface area contributed by atoms with Crippen LogP contribution in [0.3, 0.4) is 0 Å². The van der Waals surface area contributed by atoms with Crippen LogP contribution in [0.1, 0.15) is 0 Å². The van der Waals surface area contributed by atoms with Crippen LogP contribution in [-0.2, 0) is 11.5 Å². The fraction of sp³-hybridized carbons (Fsp3) is 0.438. The highest BCUT2D eigenvalue weighted by Gasteiger charge is 2.15. The Morgan fingerprint density at radius 3 is 2.71 bits per heavy atom. The summed E-state index contributed by atoms with van der Waals surface area (Å²) in [4.78, 5) is 14.7. The van der Waals surface area contributed by atoms with E-state index in [2.05, 4.69) is 24.6 Å². The summed E-state index contributed by atoms with van der Waals surface area (Å²) in [6, 6.07) is 5.61. The van der Waals surface area contributed by atoms with Gasteiger partial charge in [0.2, 0.25) is 0 Å². The van der Waals surface area contributed by atoms with Crippen LogP contribution in [0, 0.1) is 10.1 Å². The van der Waals surface area contributed by atoms with Crippen molar-refractivity contribution in [1.29, 1.82) is 0 Å². The van der Waals surface area contributed by atoms with E-state index in [1.165, 1.54) is 19.2 Å². The zero-order valence-corrected chi connectivity index (χ0v) is 15.5. The number of hydrogen-bond donors (Lipinski definition) is 0. The van der Waals surface area contributed by atoms with Gasteiger partial charge in [-0.2, -0.15) is 0 Å². The number of methoxy groups -OCH3 is 1. The maximum absolute atomic E-state index is 10.9. The number of benzene rings is 1. The molecule has 2 rings (SSSR count). The van der Waals surface area contributed by atoms with E-state index in [4.69, 9.17) is 9.47 Å². The number of aromatic nitrogens is 2. The van der Waals surface area contributed by atoms with Gasteiger partial charge in [-0.3, -0.25) is 10.1 Å². The molecule has 0 unspecified atom stereocenters. The minimum atomic E-state index is -1.09. The quantitative estimate of drug-likeness (QED) is 0.314. The molecular formula is C16H23N3O4Si. The molecule has 7 nitrogen and oxygen atoms in total. The molecule has 0 radical (unpaired) electrons. The molecule has 24 heavy (non-hydrogen) atoms. The van der Waals surface area contributed by atoms with Crippen molar-refractivity contribution in [2.45, 2.75) is 32.4 Å². The average molecular weight is 349 g/mol. The standard InChI is InChI=1S/C16H23N3O4Si/c1-22-16-9-13(19(20)21)5-6-14(16)15-10-18(11-17-15)12-23-7-8-24(2,3)4/h5-6,9-11H,7-8,12H2,1-4H3. The van der Waals surface area contributed by atoms with Gasteiger partial charge in [0, 0.05) is 32.5 Å². The first kappa shape index (κ1) is 18.1. The Balaban J connectivity index is 2.06. The van der Waals surface area contributed by atoms with Crippen LogP contribution >= 0.6 is 0 Å². The Hall–Kier alpha value is -2.19. The summed E-state index contributed by atoms with van der Waals surface area (Å²) in [7, 11) is 0.394. The number of ether oxygens (including phenoxy) is 2. The predicted octanol–water partition coefficient (Wildman–Crippen LogP) is 3.78. The number of rotatable bonds is 8. The van der Waals surface area contributed by atoms with Crippen molar-refractivity contribution < 1.29 is 14.4 Å². The van der Waals surface area contributed by atoms with Gasteiger partial charge in [0.15, 0.2) is 0 Å². The second kappa shape index (κ2) is 7.58. The summed E-state index contributed by atoms with van der Waals surface area (Å²) in [6.07, 6.45) is 3.53. The van der Waals surface area contributed by atoms with Crippen LogP contribution in [-0.4, -0.2) is 36.3 Å². The average Bonchev–Trinajstić information content (AvgIpc) is 2.98. The van der Waals surface area contributed by atoms with Crippen molar-refractivity contribution in [2.75, 3.05) is 13.7 Å². The van der Waals surface area contributed by atoms with E-state index in [1.54, 1.807) is 12.4 Å². The Bertz CT molecular complexity index is 710. The lowest BCUT2D eigenvalue weighted by atomic mass is 10.1. The van der Waals surface area contributed by atoms with Crippen LogP contribution in [0.2, 0.25) is 25.7 Å². The van der Waals surface area contributed by atoms with Gasteiger partial charge in [-0.1, -0.05) is 19.6 Å². The third-order valence-corrected chi connectivity index (χ3v) is 5.25. The molecule has 0 fully saturated rings. The third kappa shape index (κ3) is 4.90. The second-order valence-electron chi connectivity index (χ2n) is 6.76. The second-order valence-corrected chi connectivity index (χ2v) is 12.4. The molecular weight excluding hydrogens is 326 g/mol. The molecule has 0 bridgehead atoms. The Morgan fingerprint density at radius 2 is 2.08 bits per heavy atom. The minimum absolute atomic E-state index is 0.00953. The van der Waals surface area contributed by atoms with Crippen LogP contribution in [0.5, 0.6) is 5.75 Å². The molecule has 0 aliphatic rings. The number of hydrogen-bond acceptors (Lipinski definition) is 5. The first-order valence-corrected chi connectivity index (χ1v) is 11.4. The molecule has 130 valence electrons. The first-order chi connectivity index (χ1) is 11.3. The van der Waals surface area contributed by atoms with E-state index in [-0.39, 0.29) is 5.69 Å². The van der Waals surface area contributed by atoms with Gasteiger partial charge in [-0.15, -0.1) is 0 Å². The molecule has 0 saturated carbocycles. The number of nitro groups is 1. The Kier molecular flexibility index (Phi) is 5.74. The highest BCUT2D eigenvalue weighted by Crippen LogP contribution is 2.32. The summed E-state index contributed by atoms with van der Waals surface area (Å²) in [5.41, 5.74) is 1.39. The molecule has 1 aromatic carbocycles. The molecule has 1 heterocycles. The molecule has 0 saturated heterocycles. The molecule has 0 amide bonds. The lowest BCUT2D eigenvalue weighted by molar-refractivity contribution is -0.384. The van der Waals surface area contributed by atoms with E-state index < -0.39 is 13.0 Å². The molecule has 2 aromatic rings. The summed E-state index contributed by atoms with van der Waals surface area (Å²) in [5, 5.41) is 10.9. The fourth-order valence-corrected chi connectivity index (χ4v) is 2.88. The van der Waals surface area contributed by atoms with E-state index >= 15 is 0 Å². The summed E-state index contributed by atoms with van der Waals surface area (Å²) in [5.74, 6) is 0.425. The molecule has 0 aliphatic heterocycles. The zero-order chi connectivity index (χ0) is 17.7. The Morgan fingerprint density at radius 1 is 1.33 bits per heavy atom. The number of nitro benzene ring substituents is 1. The largest absolute Gasteiger partial charge is 0.496 e. The minimum Gasteiger partial charge on any atom is -0.496 e. The van der Waals surface area contributed by atoms with Gasteiger partial charge >= 0.3 is 0 Å². The first-order valence-electron chi connectivity index (χ1n) is 7.72. The third-order valence-electron chi connectivity index (χ3n) is 3.54. The van der Waals surface area contributed by atoms with Crippen molar-refractivity contribution in [3.05, 3.63) is 40.8 Å². The Labute approximate surface area is 142 Å². The van der Waals surface area contributed by atoms with Crippen molar-refractivity contribution in [2.24, 2.45) is 0 Å². The predicted molar refractivity (Wildman–Crippen MR) is 95.0 cm³/mol. The van der Waals surface area contributed by atoms with Crippen LogP contribution in [0.15, 0.2) is 30.7 Å². The topological polar surface area (TPSA) is 79.4 Å². The van der Waals surface area contributed by atoms with Gasteiger partial charge in [0.25, 0.3) is 5.69 Å². The summed E-state index contributed by atoms with van der Waals surface area (Å²) >= 11 is 0. The van der Waals surface area contributed by atoms with Crippen molar-refractivity contribution in [3.63, 3.8) is 0 Å². The van der Waals surface area contributed by atoms with Crippen molar-refractivity contribution >= 4 is 13.8 Å². The van der Waals surface area contributed by atoms with Gasteiger partial charge in [-0.25, -0.2) is 4.98 Å². The van der Waals surface area contributed by atoms with E-state index in [0.29, 0.717) is 23.7 Å². The van der Waals surface area contributed by atoms with Gasteiger partial charge in [0.05, 0.1) is 30.1 Å². The highest BCUT2D eigenvalue weighted by atomic mass is 28.3. The normalized spacial score (nSPS) is 11.5. The van der Waals surface area contributed by atoms with Crippen LogP contribution in [0.25, 0.3) is 11.3 Å². The van der Waals surface area contributed by atoms with Crippen molar-refractivity contribution in [1.82, 2.24) is 9.55 Å². The van der Waals surface area contributed by atoms with Crippen LogP contribution < -0.4 is 4.74 Å². The molecule has 8 heteroatoms.